The lowest BCUT2D eigenvalue weighted by Crippen LogP contribution is -2.45. The van der Waals surface area contributed by atoms with Gasteiger partial charge in [-0.05, 0) is 73.2 Å². The third-order valence-corrected chi connectivity index (χ3v) is 7.70. The minimum atomic E-state index is -0.991. The molecule has 2 atom stereocenters. The maximum absolute atomic E-state index is 13.5. The Morgan fingerprint density at radius 2 is 1.86 bits per heavy atom. The molecule has 1 N–H and O–H groups in total. The Morgan fingerprint density at radius 3 is 2.56 bits per heavy atom. The molecule has 188 valence electrons. The van der Waals surface area contributed by atoms with Gasteiger partial charge in [-0.3, -0.25) is 9.78 Å². The van der Waals surface area contributed by atoms with Gasteiger partial charge in [0.25, 0.3) is 5.91 Å². The van der Waals surface area contributed by atoms with Crippen molar-refractivity contribution in [2.24, 2.45) is 0 Å². The summed E-state index contributed by atoms with van der Waals surface area (Å²) in [5.74, 6) is -0.968. The number of fused-ring (bicyclic) bond motifs is 1. The van der Waals surface area contributed by atoms with Gasteiger partial charge in [-0.25, -0.2) is 4.79 Å². The molecular weight excluding hydrogens is 456 g/mol. The molecule has 1 unspecified atom stereocenters. The molecule has 36 heavy (non-hydrogen) atoms. The quantitative estimate of drug-likeness (QED) is 0.665. The van der Waals surface area contributed by atoms with Crippen LogP contribution in [0.5, 0.6) is 0 Å². The van der Waals surface area contributed by atoms with Crippen molar-refractivity contribution in [3.8, 4) is 0 Å². The van der Waals surface area contributed by atoms with Crippen LogP contribution in [0.2, 0.25) is 0 Å². The first-order valence-electron chi connectivity index (χ1n) is 12.4. The number of anilines is 1. The van der Waals surface area contributed by atoms with E-state index in [4.69, 9.17) is 4.74 Å². The van der Waals surface area contributed by atoms with Crippen molar-refractivity contribution in [2.75, 3.05) is 32.1 Å². The molecule has 0 bridgehead atoms. The number of carboxylic acid groups (broad SMARTS) is 1. The van der Waals surface area contributed by atoms with Crippen LogP contribution < -0.4 is 4.90 Å². The Hall–Kier alpha value is -3.65. The molecule has 3 aliphatic rings. The lowest BCUT2D eigenvalue weighted by atomic mass is 9.99. The lowest BCUT2D eigenvalue weighted by molar-refractivity contribution is -0.136. The Kier molecular flexibility index (Phi) is 6.78. The molecule has 0 spiro atoms. The summed E-state index contributed by atoms with van der Waals surface area (Å²) in [6, 6.07) is 10.2. The van der Waals surface area contributed by atoms with Gasteiger partial charge in [0.1, 0.15) is 0 Å². The summed E-state index contributed by atoms with van der Waals surface area (Å²) in [5.41, 5.74) is 4.31. The molecule has 0 saturated carbocycles. The summed E-state index contributed by atoms with van der Waals surface area (Å²) in [4.78, 5) is 35.5. The monoisotopic (exact) mass is 488 g/mol. The number of carboxylic acids is 1. The second kappa shape index (κ2) is 10.1. The summed E-state index contributed by atoms with van der Waals surface area (Å²) in [7, 11) is 3.43. The van der Waals surface area contributed by atoms with Gasteiger partial charge >= 0.3 is 5.97 Å². The first-order valence-corrected chi connectivity index (χ1v) is 12.4. The van der Waals surface area contributed by atoms with Crippen LogP contribution in [0.25, 0.3) is 0 Å². The number of methoxy groups -OCH3 is 1. The maximum atomic E-state index is 13.5. The SMILES string of the molecule is COC1C(C(=O)O)=CC=CN1[C@@H]1CCc2ccc(C(=O)N(C)C3CCN(c4ccncc4)CC3)cc21. The van der Waals surface area contributed by atoms with Gasteiger partial charge in [-0.1, -0.05) is 6.07 Å². The van der Waals surface area contributed by atoms with Crippen LogP contribution in [0.3, 0.4) is 0 Å². The van der Waals surface area contributed by atoms with E-state index in [1.165, 1.54) is 18.4 Å². The van der Waals surface area contributed by atoms with E-state index in [1.54, 1.807) is 12.2 Å². The molecule has 2 aliphatic heterocycles. The number of aryl methyl sites for hydroxylation is 1. The second-order valence-electron chi connectivity index (χ2n) is 9.61. The third-order valence-electron chi connectivity index (χ3n) is 7.70. The highest BCUT2D eigenvalue weighted by Crippen LogP contribution is 2.40. The van der Waals surface area contributed by atoms with E-state index < -0.39 is 12.2 Å². The van der Waals surface area contributed by atoms with Crippen LogP contribution in [0, 0.1) is 0 Å². The summed E-state index contributed by atoms with van der Waals surface area (Å²) >= 11 is 0. The van der Waals surface area contributed by atoms with Gasteiger partial charge in [0.2, 0.25) is 0 Å². The Morgan fingerprint density at radius 1 is 1.11 bits per heavy atom. The van der Waals surface area contributed by atoms with Crippen molar-refractivity contribution in [3.63, 3.8) is 0 Å². The van der Waals surface area contributed by atoms with Crippen LogP contribution in [-0.2, 0) is 16.0 Å². The van der Waals surface area contributed by atoms with Crippen molar-refractivity contribution in [1.29, 1.82) is 0 Å². The molecule has 1 aromatic carbocycles. The van der Waals surface area contributed by atoms with Gasteiger partial charge < -0.3 is 24.5 Å². The third kappa shape index (κ3) is 4.48. The van der Waals surface area contributed by atoms with Crippen molar-refractivity contribution < 1.29 is 19.4 Å². The molecule has 1 aliphatic carbocycles. The van der Waals surface area contributed by atoms with Crippen LogP contribution in [-0.4, -0.2) is 71.3 Å². The van der Waals surface area contributed by atoms with Gasteiger partial charge in [-0.2, -0.15) is 0 Å². The number of amides is 1. The van der Waals surface area contributed by atoms with Crippen molar-refractivity contribution in [3.05, 3.63) is 83.3 Å². The van der Waals surface area contributed by atoms with Crippen LogP contribution in [0.4, 0.5) is 5.69 Å². The fraction of sp³-hybridized carbons (Fsp3) is 0.393. The van der Waals surface area contributed by atoms with E-state index in [0.29, 0.717) is 5.56 Å². The number of aromatic nitrogens is 1. The standard InChI is InChI=1S/C28H32N4O4/c1-30(21-11-16-31(17-12-21)22-9-13-29-14-10-22)26(33)20-6-5-19-7-8-25(24(19)18-20)32-15-3-4-23(28(34)35)27(32)36-2/h3-6,9-10,13-15,18,21,25,27H,7-8,11-12,16-17H2,1-2H3,(H,34,35)/t25-,27?/m1/s1. The Bertz CT molecular complexity index is 1190. The minimum Gasteiger partial charge on any atom is -0.478 e. The van der Waals surface area contributed by atoms with E-state index >= 15 is 0 Å². The summed E-state index contributed by atoms with van der Waals surface area (Å²) in [5, 5.41) is 9.61. The normalized spacial score (nSPS) is 21.8. The first kappa shape index (κ1) is 24.1. The van der Waals surface area contributed by atoms with Gasteiger partial charge in [0.05, 0.1) is 11.6 Å². The largest absolute Gasteiger partial charge is 0.478 e. The van der Waals surface area contributed by atoms with E-state index in [1.807, 2.05) is 65.8 Å². The number of allylic oxidation sites excluding steroid dienone is 2. The number of benzene rings is 1. The second-order valence-corrected chi connectivity index (χ2v) is 9.61. The molecule has 1 saturated heterocycles. The number of carbonyl (C=O) groups excluding carboxylic acids is 1. The average molecular weight is 489 g/mol. The number of aliphatic carboxylic acids is 1. The highest BCUT2D eigenvalue weighted by atomic mass is 16.5. The number of ether oxygens (including phenoxy) is 1. The average Bonchev–Trinajstić information content (AvgIpc) is 3.35. The van der Waals surface area contributed by atoms with Crippen LogP contribution >= 0.6 is 0 Å². The molecule has 8 nitrogen and oxygen atoms in total. The zero-order valence-electron chi connectivity index (χ0n) is 20.7. The molecule has 5 rings (SSSR count). The van der Waals surface area contributed by atoms with E-state index in [0.717, 1.165) is 44.3 Å². The molecule has 1 amide bonds. The van der Waals surface area contributed by atoms with Crippen molar-refractivity contribution in [2.45, 2.75) is 44.0 Å². The van der Waals surface area contributed by atoms with E-state index in [-0.39, 0.29) is 23.6 Å². The molecule has 2 aromatic rings. The zero-order chi connectivity index (χ0) is 25.2. The number of hydrogen-bond acceptors (Lipinski definition) is 6. The number of carbonyl (C=O) groups is 2. The molecule has 1 fully saturated rings. The van der Waals surface area contributed by atoms with E-state index in [2.05, 4.69) is 9.88 Å². The van der Waals surface area contributed by atoms with Gasteiger partial charge in [0, 0.05) is 63.1 Å². The van der Waals surface area contributed by atoms with Gasteiger partial charge in [-0.15, -0.1) is 0 Å². The van der Waals surface area contributed by atoms with Gasteiger partial charge in [0.15, 0.2) is 6.23 Å². The highest BCUT2D eigenvalue weighted by Gasteiger charge is 2.36. The number of piperidine rings is 1. The Balaban J connectivity index is 1.30. The van der Waals surface area contributed by atoms with Crippen molar-refractivity contribution >= 4 is 17.6 Å². The molecule has 8 heteroatoms. The van der Waals surface area contributed by atoms with Crippen LogP contribution in [0.1, 0.15) is 46.8 Å². The predicted octanol–water partition coefficient (Wildman–Crippen LogP) is 3.62. The maximum Gasteiger partial charge on any atom is 0.336 e. The summed E-state index contributed by atoms with van der Waals surface area (Å²) in [6.45, 7) is 1.80. The highest BCUT2D eigenvalue weighted by molar-refractivity contribution is 5.94. The molecule has 1 aromatic heterocycles. The number of rotatable bonds is 6. The molecule has 3 heterocycles. The fourth-order valence-electron chi connectivity index (χ4n) is 5.72. The number of hydrogen-bond donors (Lipinski definition) is 1. The summed E-state index contributed by atoms with van der Waals surface area (Å²) in [6.07, 6.45) is 11.7. The molecular formula is C28H32N4O4. The molecule has 0 radical (unpaired) electrons. The Labute approximate surface area is 211 Å². The number of nitrogens with zero attached hydrogens (tertiary/aromatic N) is 4. The zero-order valence-corrected chi connectivity index (χ0v) is 20.7. The fourth-order valence-corrected chi connectivity index (χ4v) is 5.72. The van der Waals surface area contributed by atoms with Crippen molar-refractivity contribution in [1.82, 2.24) is 14.8 Å². The van der Waals surface area contributed by atoms with Crippen LogP contribution in [0.15, 0.2) is 66.7 Å². The lowest BCUT2D eigenvalue weighted by Gasteiger charge is -2.38. The minimum absolute atomic E-state index is 0.0226. The first-order chi connectivity index (χ1) is 17.5. The smallest absolute Gasteiger partial charge is 0.336 e. The number of pyridine rings is 1. The van der Waals surface area contributed by atoms with E-state index in [9.17, 15) is 14.7 Å². The topological polar surface area (TPSA) is 86.2 Å². The summed E-state index contributed by atoms with van der Waals surface area (Å²) < 4.78 is 5.58. The predicted molar refractivity (Wildman–Crippen MR) is 137 cm³/mol.